The Labute approximate surface area is 141 Å². The number of halogens is 3. The third-order valence-corrected chi connectivity index (χ3v) is 5.61. The number of carbonyl (C=O) groups excluding carboxylic acids is 1. The SMILES string of the molecule is O=C(c1ccc(I)c(Cl)c1)N1CCCC1CCCBr. The quantitative estimate of drug-likeness (QED) is 0.474. The molecule has 0 N–H and O–H groups in total. The zero-order valence-corrected chi connectivity index (χ0v) is 15.0. The highest BCUT2D eigenvalue weighted by Gasteiger charge is 2.28. The second-order valence-electron chi connectivity index (χ2n) is 4.75. The average molecular weight is 457 g/mol. The van der Waals surface area contributed by atoms with Gasteiger partial charge in [-0.15, -0.1) is 0 Å². The summed E-state index contributed by atoms with van der Waals surface area (Å²) in [4.78, 5) is 14.6. The standard InChI is InChI=1S/C14H16BrClINO/c15-7-1-3-11-4-2-8-18(11)14(19)10-5-6-13(17)12(16)9-10/h5-6,9,11H,1-4,7-8H2. The Hall–Kier alpha value is 0.190. The van der Waals surface area contributed by atoms with Crippen LogP contribution in [0.1, 0.15) is 36.0 Å². The van der Waals surface area contributed by atoms with Crippen LogP contribution in [-0.2, 0) is 0 Å². The maximum absolute atomic E-state index is 12.5. The van der Waals surface area contributed by atoms with E-state index in [1.165, 1.54) is 0 Å². The Morgan fingerprint density at radius 2 is 2.32 bits per heavy atom. The van der Waals surface area contributed by atoms with E-state index in [9.17, 15) is 4.79 Å². The minimum Gasteiger partial charge on any atom is -0.336 e. The molecule has 1 aliphatic heterocycles. The number of likely N-dealkylation sites (tertiary alicyclic amines) is 1. The first kappa shape index (κ1) is 15.6. The summed E-state index contributed by atoms with van der Waals surface area (Å²) in [5.41, 5.74) is 0.705. The molecule has 0 saturated carbocycles. The predicted molar refractivity (Wildman–Crippen MR) is 91.3 cm³/mol. The Balaban J connectivity index is 2.11. The van der Waals surface area contributed by atoms with Crippen LogP contribution in [0, 0.1) is 3.57 Å². The first-order valence-electron chi connectivity index (χ1n) is 6.45. The molecule has 0 bridgehead atoms. The molecule has 104 valence electrons. The third-order valence-electron chi connectivity index (χ3n) is 3.48. The third kappa shape index (κ3) is 3.85. The molecule has 1 aromatic carbocycles. The predicted octanol–water partition coefficient (Wildman–Crippen LogP) is 4.72. The molecule has 2 nitrogen and oxygen atoms in total. The summed E-state index contributed by atoms with van der Waals surface area (Å²) >= 11 is 11.7. The van der Waals surface area contributed by atoms with E-state index in [1.54, 1.807) is 6.07 Å². The fourth-order valence-corrected chi connectivity index (χ4v) is 3.35. The van der Waals surface area contributed by atoms with Gasteiger partial charge < -0.3 is 4.90 Å². The van der Waals surface area contributed by atoms with Crippen molar-refractivity contribution in [3.8, 4) is 0 Å². The maximum Gasteiger partial charge on any atom is 0.254 e. The van der Waals surface area contributed by atoms with Crippen LogP contribution in [0.4, 0.5) is 0 Å². The van der Waals surface area contributed by atoms with Gasteiger partial charge in [0.1, 0.15) is 0 Å². The highest BCUT2D eigenvalue weighted by Crippen LogP contribution is 2.26. The van der Waals surface area contributed by atoms with Crippen LogP contribution in [0.5, 0.6) is 0 Å². The van der Waals surface area contributed by atoms with E-state index < -0.39 is 0 Å². The molecule has 19 heavy (non-hydrogen) atoms. The van der Waals surface area contributed by atoms with Gasteiger partial charge in [-0.3, -0.25) is 4.79 Å². The van der Waals surface area contributed by atoms with Gasteiger partial charge in [-0.2, -0.15) is 0 Å². The molecule has 5 heteroatoms. The number of hydrogen-bond donors (Lipinski definition) is 0. The van der Waals surface area contributed by atoms with Crippen molar-refractivity contribution in [1.29, 1.82) is 0 Å². The average Bonchev–Trinajstić information content (AvgIpc) is 2.87. The molecule has 1 fully saturated rings. The lowest BCUT2D eigenvalue weighted by Gasteiger charge is -2.24. The van der Waals surface area contributed by atoms with Crippen molar-refractivity contribution >= 4 is 56.0 Å². The Bertz CT molecular complexity index is 469. The molecule has 1 unspecified atom stereocenters. The molecule has 0 aromatic heterocycles. The van der Waals surface area contributed by atoms with Crippen LogP contribution in [0.3, 0.4) is 0 Å². The lowest BCUT2D eigenvalue weighted by Crippen LogP contribution is -2.35. The first-order chi connectivity index (χ1) is 9.13. The highest BCUT2D eigenvalue weighted by molar-refractivity contribution is 14.1. The normalized spacial score (nSPS) is 18.9. The topological polar surface area (TPSA) is 20.3 Å². The van der Waals surface area contributed by atoms with Crippen molar-refractivity contribution in [3.05, 3.63) is 32.4 Å². The van der Waals surface area contributed by atoms with Crippen molar-refractivity contribution < 1.29 is 4.79 Å². The molecule has 0 radical (unpaired) electrons. The molecule has 1 amide bonds. The molecule has 1 saturated heterocycles. The van der Waals surface area contributed by atoms with Crippen molar-refractivity contribution in [2.24, 2.45) is 0 Å². The second kappa shape index (κ2) is 7.27. The van der Waals surface area contributed by atoms with Gasteiger partial charge in [0.25, 0.3) is 5.91 Å². The van der Waals surface area contributed by atoms with E-state index in [0.717, 1.165) is 41.1 Å². The molecular formula is C14H16BrClINO. The van der Waals surface area contributed by atoms with Crippen molar-refractivity contribution in [2.75, 3.05) is 11.9 Å². The summed E-state index contributed by atoms with van der Waals surface area (Å²) < 4.78 is 0.980. The Kier molecular flexibility index (Phi) is 5.96. The minimum atomic E-state index is 0.121. The maximum atomic E-state index is 12.5. The summed E-state index contributed by atoms with van der Waals surface area (Å²) in [7, 11) is 0. The van der Waals surface area contributed by atoms with E-state index in [2.05, 4.69) is 38.5 Å². The number of nitrogens with zero attached hydrogens (tertiary/aromatic N) is 1. The Morgan fingerprint density at radius 3 is 3.00 bits per heavy atom. The molecule has 1 aromatic rings. The van der Waals surface area contributed by atoms with Gasteiger partial charge in [-0.1, -0.05) is 27.5 Å². The zero-order chi connectivity index (χ0) is 13.8. The van der Waals surface area contributed by atoms with Gasteiger partial charge in [0.05, 0.1) is 5.02 Å². The van der Waals surface area contributed by atoms with Gasteiger partial charge in [-0.25, -0.2) is 0 Å². The number of benzene rings is 1. The fourth-order valence-electron chi connectivity index (χ4n) is 2.51. The van der Waals surface area contributed by atoms with Gasteiger partial charge in [0.15, 0.2) is 0 Å². The van der Waals surface area contributed by atoms with Crippen molar-refractivity contribution in [2.45, 2.75) is 31.7 Å². The monoisotopic (exact) mass is 455 g/mol. The van der Waals surface area contributed by atoms with Crippen LogP contribution in [0.2, 0.25) is 5.02 Å². The highest BCUT2D eigenvalue weighted by atomic mass is 127. The molecule has 0 aliphatic carbocycles. The summed E-state index contributed by atoms with van der Waals surface area (Å²) in [6.07, 6.45) is 4.42. The smallest absolute Gasteiger partial charge is 0.254 e. The summed E-state index contributed by atoms with van der Waals surface area (Å²) in [6, 6.07) is 5.95. The van der Waals surface area contributed by atoms with Crippen LogP contribution in [0.25, 0.3) is 0 Å². The number of amides is 1. The first-order valence-corrected chi connectivity index (χ1v) is 9.03. The fraction of sp³-hybridized carbons (Fsp3) is 0.500. The lowest BCUT2D eigenvalue weighted by molar-refractivity contribution is 0.0730. The van der Waals surface area contributed by atoms with Crippen LogP contribution >= 0.6 is 50.1 Å². The van der Waals surface area contributed by atoms with E-state index in [1.807, 2.05) is 17.0 Å². The molecule has 0 spiro atoms. The molecule has 2 rings (SSSR count). The van der Waals surface area contributed by atoms with E-state index in [4.69, 9.17) is 11.6 Å². The summed E-state index contributed by atoms with van der Waals surface area (Å²) in [5, 5.41) is 1.66. The minimum absolute atomic E-state index is 0.121. The second-order valence-corrected chi connectivity index (χ2v) is 7.12. The molecule has 1 heterocycles. The number of carbonyl (C=O) groups is 1. The van der Waals surface area contributed by atoms with E-state index in [0.29, 0.717) is 16.6 Å². The van der Waals surface area contributed by atoms with Crippen LogP contribution in [-0.4, -0.2) is 28.7 Å². The van der Waals surface area contributed by atoms with Crippen molar-refractivity contribution in [1.82, 2.24) is 4.90 Å². The van der Waals surface area contributed by atoms with Gasteiger partial charge in [-0.05, 0) is 66.5 Å². The van der Waals surface area contributed by atoms with Crippen molar-refractivity contribution in [3.63, 3.8) is 0 Å². The summed E-state index contributed by atoms with van der Waals surface area (Å²) in [5.74, 6) is 0.121. The largest absolute Gasteiger partial charge is 0.336 e. The zero-order valence-electron chi connectivity index (χ0n) is 10.5. The van der Waals surface area contributed by atoms with E-state index >= 15 is 0 Å². The molecular weight excluding hydrogens is 440 g/mol. The number of hydrogen-bond acceptors (Lipinski definition) is 1. The van der Waals surface area contributed by atoms with Gasteiger partial charge >= 0.3 is 0 Å². The number of alkyl halides is 1. The van der Waals surface area contributed by atoms with Crippen LogP contribution < -0.4 is 0 Å². The molecule has 1 atom stereocenters. The Morgan fingerprint density at radius 1 is 1.53 bits per heavy atom. The van der Waals surface area contributed by atoms with Crippen LogP contribution in [0.15, 0.2) is 18.2 Å². The van der Waals surface area contributed by atoms with E-state index in [-0.39, 0.29) is 5.91 Å². The molecule has 1 aliphatic rings. The number of rotatable bonds is 4. The lowest BCUT2D eigenvalue weighted by atomic mass is 10.1. The van der Waals surface area contributed by atoms with Gasteiger partial charge in [0.2, 0.25) is 0 Å². The summed E-state index contributed by atoms with van der Waals surface area (Å²) in [6.45, 7) is 0.870. The van der Waals surface area contributed by atoms with Gasteiger partial charge in [0, 0.05) is 27.1 Å².